The summed E-state index contributed by atoms with van der Waals surface area (Å²) in [5.74, 6) is 0.771. The fraction of sp³-hybridized carbons (Fsp3) is 0.417. The zero-order chi connectivity index (χ0) is 13.3. The third kappa shape index (κ3) is 2.70. The fourth-order valence-electron chi connectivity index (χ4n) is 1.88. The Labute approximate surface area is 123 Å². The van der Waals surface area contributed by atoms with E-state index in [1.54, 1.807) is 0 Å². The minimum atomic E-state index is -0.173. The molecule has 0 amide bonds. The third-order valence-electron chi connectivity index (χ3n) is 2.88. The van der Waals surface area contributed by atoms with E-state index in [2.05, 4.69) is 43.9 Å². The Kier molecular flexibility index (Phi) is 4.29. The molecule has 2 aromatic rings. The van der Waals surface area contributed by atoms with Crippen LogP contribution in [0.15, 0.2) is 25.7 Å². The lowest BCUT2D eigenvalue weighted by Gasteiger charge is -2.09. The van der Waals surface area contributed by atoms with Gasteiger partial charge in [-0.3, -0.25) is 4.68 Å². The van der Waals surface area contributed by atoms with Gasteiger partial charge in [0.15, 0.2) is 4.67 Å². The predicted molar refractivity (Wildman–Crippen MR) is 77.3 cm³/mol. The van der Waals surface area contributed by atoms with Crippen LogP contribution >= 0.6 is 31.9 Å². The summed E-state index contributed by atoms with van der Waals surface area (Å²) in [6.07, 6.45) is 1.58. The van der Waals surface area contributed by atoms with Gasteiger partial charge in [0, 0.05) is 13.5 Å². The standard InChI is InChI=1S/C12H15Br2N3O/c1-3-8-12(14)9(17(2)16-8)6-7(15)10-4-5-11(13)18-10/h4-5,7H,3,6,15H2,1-2H3. The van der Waals surface area contributed by atoms with Crippen LogP contribution in [0.3, 0.4) is 0 Å². The van der Waals surface area contributed by atoms with Crippen molar-refractivity contribution in [3.05, 3.63) is 38.4 Å². The predicted octanol–water partition coefficient (Wildman–Crippen LogP) is 3.34. The van der Waals surface area contributed by atoms with Crippen molar-refractivity contribution in [1.29, 1.82) is 0 Å². The van der Waals surface area contributed by atoms with Crippen molar-refractivity contribution in [3.63, 3.8) is 0 Å². The SMILES string of the molecule is CCc1nn(C)c(CC(N)c2ccc(Br)o2)c1Br. The van der Waals surface area contributed by atoms with Crippen molar-refractivity contribution < 1.29 is 4.42 Å². The Morgan fingerprint density at radius 1 is 1.44 bits per heavy atom. The summed E-state index contributed by atoms with van der Waals surface area (Å²) in [6.45, 7) is 2.08. The van der Waals surface area contributed by atoms with E-state index < -0.39 is 0 Å². The van der Waals surface area contributed by atoms with Gasteiger partial charge in [-0.15, -0.1) is 0 Å². The second kappa shape index (κ2) is 5.59. The fourth-order valence-corrected chi connectivity index (χ4v) is 2.98. The van der Waals surface area contributed by atoms with E-state index in [1.807, 2.05) is 23.9 Å². The summed E-state index contributed by atoms with van der Waals surface area (Å²) >= 11 is 6.87. The van der Waals surface area contributed by atoms with E-state index in [1.165, 1.54) is 0 Å². The Morgan fingerprint density at radius 2 is 2.17 bits per heavy atom. The number of aryl methyl sites for hydroxylation is 2. The monoisotopic (exact) mass is 375 g/mol. The van der Waals surface area contributed by atoms with Crippen LogP contribution in [-0.2, 0) is 19.9 Å². The Bertz CT molecular complexity index is 548. The number of hydrogen-bond donors (Lipinski definition) is 1. The summed E-state index contributed by atoms with van der Waals surface area (Å²) in [5.41, 5.74) is 8.30. The summed E-state index contributed by atoms with van der Waals surface area (Å²) in [5, 5.41) is 4.45. The lowest BCUT2D eigenvalue weighted by Crippen LogP contribution is -2.15. The Hall–Kier alpha value is -0.590. The second-order valence-corrected chi connectivity index (χ2v) is 5.71. The van der Waals surface area contributed by atoms with E-state index >= 15 is 0 Å². The first-order valence-corrected chi connectivity index (χ1v) is 7.32. The summed E-state index contributed by atoms with van der Waals surface area (Å²) < 4.78 is 9.10. The lowest BCUT2D eigenvalue weighted by atomic mass is 10.1. The lowest BCUT2D eigenvalue weighted by molar-refractivity contribution is 0.443. The molecule has 0 saturated carbocycles. The van der Waals surface area contributed by atoms with Gasteiger partial charge >= 0.3 is 0 Å². The highest BCUT2D eigenvalue weighted by molar-refractivity contribution is 9.10. The molecule has 0 aromatic carbocycles. The maximum atomic E-state index is 6.15. The molecule has 2 aromatic heterocycles. The first kappa shape index (κ1) is 13.8. The maximum Gasteiger partial charge on any atom is 0.169 e. The summed E-state index contributed by atoms with van der Waals surface area (Å²) in [4.78, 5) is 0. The van der Waals surface area contributed by atoms with Crippen molar-refractivity contribution in [2.75, 3.05) is 0 Å². The molecule has 0 fully saturated rings. The van der Waals surface area contributed by atoms with Crippen LogP contribution in [0, 0.1) is 0 Å². The summed E-state index contributed by atoms with van der Waals surface area (Å²) in [6, 6.07) is 3.57. The number of nitrogens with two attached hydrogens (primary N) is 1. The van der Waals surface area contributed by atoms with E-state index in [4.69, 9.17) is 10.2 Å². The minimum absolute atomic E-state index is 0.173. The quantitative estimate of drug-likeness (QED) is 0.890. The highest BCUT2D eigenvalue weighted by Crippen LogP contribution is 2.27. The van der Waals surface area contributed by atoms with Gasteiger partial charge in [-0.1, -0.05) is 6.92 Å². The van der Waals surface area contributed by atoms with Crippen molar-refractivity contribution in [2.45, 2.75) is 25.8 Å². The zero-order valence-electron chi connectivity index (χ0n) is 10.3. The third-order valence-corrected chi connectivity index (χ3v) is 4.22. The van der Waals surface area contributed by atoms with Crippen molar-refractivity contribution in [2.24, 2.45) is 12.8 Å². The van der Waals surface area contributed by atoms with Crippen LogP contribution in [0.1, 0.15) is 30.1 Å². The van der Waals surface area contributed by atoms with E-state index in [0.717, 1.165) is 28.0 Å². The number of hydrogen-bond acceptors (Lipinski definition) is 3. The molecule has 1 atom stereocenters. The van der Waals surface area contributed by atoms with Crippen LogP contribution in [0.4, 0.5) is 0 Å². The molecule has 2 heterocycles. The maximum absolute atomic E-state index is 6.15. The number of aromatic nitrogens is 2. The summed E-state index contributed by atoms with van der Waals surface area (Å²) in [7, 11) is 1.93. The Balaban J connectivity index is 2.21. The first-order valence-electron chi connectivity index (χ1n) is 5.74. The molecule has 2 N–H and O–H groups in total. The van der Waals surface area contributed by atoms with Gasteiger partial charge in [0.1, 0.15) is 5.76 Å². The van der Waals surface area contributed by atoms with Crippen LogP contribution in [0.2, 0.25) is 0 Å². The molecule has 0 aliphatic rings. The zero-order valence-corrected chi connectivity index (χ0v) is 13.5. The molecule has 0 saturated heterocycles. The molecule has 0 spiro atoms. The highest BCUT2D eigenvalue weighted by Gasteiger charge is 2.18. The van der Waals surface area contributed by atoms with Gasteiger partial charge in [-0.05, 0) is 50.4 Å². The molecular weight excluding hydrogens is 362 g/mol. The molecule has 0 aliphatic carbocycles. The van der Waals surface area contributed by atoms with Crippen LogP contribution < -0.4 is 5.73 Å². The molecule has 4 nitrogen and oxygen atoms in total. The number of furan rings is 1. The molecule has 98 valence electrons. The number of nitrogens with zero attached hydrogens (tertiary/aromatic N) is 2. The first-order chi connectivity index (χ1) is 8.52. The van der Waals surface area contributed by atoms with Crippen molar-refractivity contribution >= 4 is 31.9 Å². The number of rotatable bonds is 4. The van der Waals surface area contributed by atoms with E-state index in [9.17, 15) is 0 Å². The molecule has 0 radical (unpaired) electrons. The smallest absolute Gasteiger partial charge is 0.169 e. The van der Waals surface area contributed by atoms with Gasteiger partial charge in [-0.2, -0.15) is 5.10 Å². The number of halogens is 2. The van der Waals surface area contributed by atoms with Crippen LogP contribution in [-0.4, -0.2) is 9.78 Å². The van der Waals surface area contributed by atoms with Crippen LogP contribution in [0.5, 0.6) is 0 Å². The molecule has 6 heteroatoms. The van der Waals surface area contributed by atoms with Gasteiger partial charge in [0.05, 0.1) is 21.9 Å². The van der Waals surface area contributed by atoms with Crippen LogP contribution in [0.25, 0.3) is 0 Å². The molecule has 0 bridgehead atoms. The second-order valence-electron chi connectivity index (χ2n) is 4.14. The topological polar surface area (TPSA) is 57.0 Å². The van der Waals surface area contributed by atoms with Gasteiger partial charge in [0.2, 0.25) is 0 Å². The average Bonchev–Trinajstić information content (AvgIpc) is 2.87. The molecule has 1 unspecified atom stereocenters. The molecular formula is C12H15Br2N3O. The largest absolute Gasteiger partial charge is 0.453 e. The van der Waals surface area contributed by atoms with Crippen molar-refractivity contribution in [1.82, 2.24) is 9.78 Å². The molecule has 2 rings (SSSR count). The average molecular weight is 377 g/mol. The van der Waals surface area contributed by atoms with Gasteiger partial charge in [0.25, 0.3) is 0 Å². The van der Waals surface area contributed by atoms with Gasteiger partial charge < -0.3 is 10.2 Å². The van der Waals surface area contributed by atoms with E-state index in [-0.39, 0.29) is 6.04 Å². The minimum Gasteiger partial charge on any atom is -0.453 e. The van der Waals surface area contributed by atoms with Crippen molar-refractivity contribution in [3.8, 4) is 0 Å². The van der Waals surface area contributed by atoms with E-state index in [0.29, 0.717) is 11.1 Å². The Morgan fingerprint density at radius 3 is 2.67 bits per heavy atom. The molecule has 0 aliphatic heterocycles. The molecule has 18 heavy (non-hydrogen) atoms. The van der Waals surface area contributed by atoms with Gasteiger partial charge in [-0.25, -0.2) is 0 Å². The normalized spacial score (nSPS) is 12.9. The highest BCUT2D eigenvalue weighted by atomic mass is 79.9.